The summed E-state index contributed by atoms with van der Waals surface area (Å²) < 4.78 is 5.41. The smallest absolute Gasteiger partial charge is 0.327 e. The zero-order valence-corrected chi connectivity index (χ0v) is 14.6. The molecule has 1 N–H and O–H groups in total. The van der Waals surface area contributed by atoms with Crippen LogP contribution in [0, 0.1) is 11.8 Å². The number of hydrogen-bond acceptors (Lipinski definition) is 4. The second-order valence-electron chi connectivity index (χ2n) is 6.34. The Morgan fingerprint density at radius 2 is 2.00 bits per heavy atom. The Morgan fingerprint density at radius 1 is 1.33 bits per heavy atom. The molecule has 0 amide bonds. The first-order chi connectivity index (χ1) is 10.0. The van der Waals surface area contributed by atoms with Gasteiger partial charge in [0.05, 0.1) is 6.61 Å². The van der Waals surface area contributed by atoms with E-state index in [0.717, 1.165) is 39.0 Å². The van der Waals surface area contributed by atoms with Crippen LogP contribution in [0.25, 0.3) is 0 Å². The molecule has 1 rings (SSSR count). The summed E-state index contributed by atoms with van der Waals surface area (Å²) in [6.45, 7) is 14.7. The molecule has 0 bridgehead atoms. The molecule has 0 aliphatic heterocycles. The molecule has 1 aliphatic carbocycles. The molecule has 0 aromatic carbocycles. The van der Waals surface area contributed by atoms with Crippen LogP contribution in [0.4, 0.5) is 0 Å². The fraction of sp³-hybridized carbons (Fsp3) is 0.941. The van der Waals surface area contributed by atoms with Crippen molar-refractivity contribution in [1.82, 2.24) is 10.2 Å². The minimum Gasteiger partial charge on any atom is -0.465 e. The van der Waals surface area contributed by atoms with E-state index in [1.807, 2.05) is 6.92 Å². The summed E-state index contributed by atoms with van der Waals surface area (Å²) in [5, 5.41) is 3.48. The lowest BCUT2D eigenvalue weighted by Gasteiger charge is -2.38. The van der Waals surface area contributed by atoms with Crippen LogP contribution in [0.2, 0.25) is 0 Å². The highest BCUT2D eigenvalue weighted by Crippen LogP contribution is 2.41. The topological polar surface area (TPSA) is 41.6 Å². The van der Waals surface area contributed by atoms with Gasteiger partial charge in [-0.3, -0.25) is 0 Å². The van der Waals surface area contributed by atoms with Gasteiger partial charge in [0.25, 0.3) is 0 Å². The van der Waals surface area contributed by atoms with Crippen molar-refractivity contribution < 1.29 is 9.53 Å². The molecule has 0 aromatic heterocycles. The molecule has 1 fully saturated rings. The first-order valence-corrected chi connectivity index (χ1v) is 8.68. The number of ether oxygens (including phenoxy) is 1. The van der Waals surface area contributed by atoms with Crippen molar-refractivity contribution in [3.05, 3.63) is 0 Å². The first-order valence-electron chi connectivity index (χ1n) is 8.68. The lowest BCUT2D eigenvalue weighted by Crippen LogP contribution is -2.61. The van der Waals surface area contributed by atoms with Gasteiger partial charge in [0.1, 0.15) is 5.54 Å². The molecule has 1 aliphatic rings. The molecule has 0 heterocycles. The highest BCUT2D eigenvalue weighted by Gasteiger charge is 2.52. The van der Waals surface area contributed by atoms with E-state index in [1.165, 1.54) is 6.42 Å². The average Bonchev–Trinajstić information content (AvgIpc) is 3.30. The fourth-order valence-corrected chi connectivity index (χ4v) is 3.01. The normalized spacial score (nSPS) is 19.3. The van der Waals surface area contributed by atoms with Crippen LogP contribution < -0.4 is 5.32 Å². The van der Waals surface area contributed by atoms with Crippen molar-refractivity contribution in [2.24, 2.45) is 11.8 Å². The molecular weight excluding hydrogens is 264 g/mol. The van der Waals surface area contributed by atoms with E-state index in [2.05, 4.69) is 37.9 Å². The summed E-state index contributed by atoms with van der Waals surface area (Å²) >= 11 is 0. The Morgan fingerprint density at radius 3 is 2.43 bits per heavy atom. The lowest BCUT2D eigenvalue weighted by molar-refractivity contribution is -0.153. The molecule has 124 valence electrons. The largest absolute Gasteiger partial charge is 0.465 e. The van der Waals surface area contributed by atoms with Gasteiger partial charge in [0.15, 0.2) is 0 Å². The standard InChI is InChI=1S/C17H34N2O2/c1-6-14(5)12-19(8-3)13-17(18-7-2,15-10-11-15)16(20)21-9-4/h14-15,18H,6-13H2,1-5H3. The maximum atomic E-state index is 12.6. The monoisotopic (exact) mass is 298 g/mol. The Kier molecular flexibility index (Phi) is 7.67. The van der Waals surface area contributed by atoms with Crippen LogP contribution >= 0.6 is 0 Å². The summed E-state index contributed by atoms with van der Waals surface area (Å²) in [5.74, 6) is 1.03. The van der Waals surface area contributed by atoms with Gasteiger partial charge in [-0.2, -0.15) is 0 Å². The molecular formula is C17H34N2O2. The fourth-order valence-electron chi connectivity index (χ4n) is 3.01. The quantitative estimate of drug-likeness (QED) is 0.596. The average molecular weight is 298 g/mol. The van der Waals surface area contributed by atoms with E-state index >= 15 is 0 Å². The third-order valence-corrected chi connectivity index (χ3v) is 4.59. The number of esters is 1. The molecule has 4 nitrogen and oxygen atoms in total. The molecule has 0 radical (unpaired) electrons. The van der Waals surface area contributed by atoms with Crippen molar-refractivity contribution in [3.63, 3.8) is 0 Å². The predicted octanol–water partition coefficient (Wildman–Crippen LogP) is 2.68. The van der Waals surface area contributed by atoms with E-state index in [1.54, 1.807) is 0 Å². The Bertz CT molecular complexity index is 318. The van der Waals surface area contributed by atoms with Crippen LogP contribution in [0.3, 0.4) is 0 Å². The van der Waals surface area contributed by atoms with E-state index in [9.17, 15) is 4.79 Å². The number of carbonyl (C=O) groups is 1. The van der Waals surface area contributed by atoms with Crippen molar-refractivity contribution in [1.29, 1.82) is 0 Å². The van der Waals surface area contributed by atoms with Gasteiger partial charge < -0.3 is 15.0 Å². The Balaban J connectivity index is 2.86. The van der Waals surface area contributed by atoms with E-state index in [4.69, 9.17) is 4.74 Å². The van der Waals surface area contributed by atoms with Crippen molar-refractivity contribution in [2.75, 3.05) is 32.8 Å². The van der Waals surface area contributed by atoms with Gasteiger partial charge >= 0.3 is 5.97 Å². The summed E-state index contributed by atoms with van der Waals surface area (Å²) in [6, 6.07) is 0. The van der Waals surface area contributed by atoms with Gasteiger partial charge in [-0.25, -0.2) is 4.79 Å². The summed E-state index contributed by atoms with van der Waals surface area (Å²) in [5.41, 5.74) is -0.506. The zero-order valence-electron chi connectivity index (χ0n) is 14.6. The summed E-state index contributed by atoms with van der Waals surface area (Å²) in [4.78, 5) is 15.0. The molecule has 0 saturated heterocycles. The van der Waals surface area contributed by atoms with Gasteiger partial charge in [-0.05, 0) is 44.7 Å². The second kappa shape index (κ2) is 8.74. The van der Waals surface area contributed by atoms with Gasteiger partial charge in [-0.1, -0.05) is 34.1 Å². The highest BCUT2D eigenvalue weighted by molar-refractivity contribution is 5.82. The van der Waals surface area contributed by atoms with Gasteiger partial charge in [-0.15, -0.1) is 0 Å². The zero-order chi connectivity index (χ0) is 15.9. The molecule has 0 aromatic rings. The highest BCUT2D eigenvalue weighted by atomic mass is 16.5. The molecule has 2 atom stereocenters. The van der Waals surface area contributed by atoms with Gasteiger partial charge in [0, 0.05) is 13.1 Å². The number of nitrogens with zero attached hydrogens (tertiary/aromatic N) is 1. The van der Waals surface area contributed by atoms with E-state index < -0.39 is 5.54 Å². The number of carbonyl (C=O) groups excluding carboxylic acids is 1. The van der Waals surface area contributed by atoms with Crippen LogP contribution in [0.15, 0.2) is 0 Å². The Hall–Kier alpha value is -0.610. The van der Waals surface area contributed by atoms with Crippen molar-refractivity contribution in [3.8, 4) is 0 Å². The number of nitrogens with one attached hydrogen (secondary N) is 1. The molecule has 4 heteroatoms. The summed E-state index contributed by atoms with van der Waals surface area (Å²) in [6.07, 6.45) is 3.44. The number of hydrogen-bond donors (Lipinski definition) is 1. The second-order valence-corrected chi connectivity index (χ2v) is 6.34. The van der Waals surface area contributed by atoms with Crippen LogP contribution in [-0.2, 0) is 9.53 Å². The van der Waals surface area contributed by atoms with Crippen molar-refractivity contribution in [2.45, 2.75) is 59.4 Å². The minimum absolute atomic E-state index is 0.0584. The van der Waals surface area contributed by atoms with Crippen LogP contribution in [-0.4, -0.2) is 49.2 Å². The molecule has 2 unspecified atom stereocenters. The maximum Gasteiger partial charge on any atom is 0.327 e. The van der Waals surface area contributed by atoms with Crippen molar-refractivity contribution >= 4 is 5.97 Å². The number of rotatable bonds is 11. The Labute approximate surface area is 130 Å². The maximum absolute atomic E-state index is 12.6. The third-order valence-electron chi connectivity index (χ3n) is 4.59. The minimum atomic E-state index is -0.506. The number of likely N-dealkylation sites (N-methyl/N-ethyl adjacent to an activating group) is 2. The predicted molar refractivity (Wildman–Crippen MR) is 87.3 cm³/mol. The van der Waals surface area contributed by atoms with Gasteiger partial charge in [0.2, 0.25) is 0 Å². The molecule has 1 saturated carbocycles. The van der Waals surface area contributed by atoms with Crippen LogP contribution in [0.1, 0.15) is 53.9 Å². The molecule has 0 spiro atoms. The lowest BCUT2D eigenvalue weighted by atomic mass is 9.91. The third kappa shape index (κ3) is 4.96. The van der Waals surface area contributed by atoms with Crippen LogP contribution in [0.5, 0.6) is 0 Å². The van der Waals surface area contributed by atoms with E-state index in [0.29, 0.717) is 18.4 Å². The SMILES string of the molecule is CCNC(CN(CC)CC(C)CC)(C(=O)OCC)C1CC1. The first kappa shape index (κ1) is 18.4. The van der Waals surface area contributed by atoms with E-state index in [-0.39, 0.29) is 5.97 Å². The summed E-state index contributed by atoms with van der Waals surface area (Å²) in [7, 11) is 0. The molecule has 21 heavy (non-hydrogen) atoms.